The van der Waals surface area contributed by atoms with Crippen LogP contribution >= 0.6 is 11.3 Å². The molecule has 3 N–H and O–H groups in total. The molecular formula is C10H18N2S. The molecule has 0 radical (unpaired) electrons. The van der Waals surface area contributed by atoms with Gasteiger partial charge in [-0.2, -0.15) is 0 Å². The minimum atomic E-state index is 0.685. The zero-order valence-corrected chi connectivity index (χ0v) is 8.94. The van der Waals surface area contributed by atoms with Crippen molar-refractivity contribution in [1.29, 1.82) is 0 Å². The Morgan fingerprint density at radius 3 is 3.08 bits per heavy atom. The number of nitrogens with two attached hydrogens (primary N) is 1. The van der Waals surface area contributed by atoms with Gasteiger partial charge < -0.3 is 11.1 Å². The van der Waals surface area contributed by atoms with Crippen LogP contribution in [0.1, 0.15) is 18.2 Å². The molecule has 1 aromatic heterocycles. The fourth-order valence-electron chi connectivity index (χ4n) is 1.24. The molecule has 0 saturated heterocycles. The predicted octanol–water partition coefficient (Wildman–Crippen LogP) is 1.82. The van der Waals surface area contributed by atoms with Crippen molar-refractivity contribution in [2.45, 2.75) is 19.9 Å². The molecular weight excluding hydrogens is 180 g/mol. The van der Waals surface area contributed by atoms with Gasteiger partial charge in [-0.05, 0) is 36.9 Å². The number of thiophene rings is 1. The lowest BCUT2D eigenvalue weighted by atomic mass is 10.1. The highest BCUT2D eigenvalue weighted by molar-refractivity contribution is 7.09. The van der Waals surface area contributed by atoms with E-state index in [-0.39, 0.29) is 0 Å². The Hall–Kier alpha value is -0.380. The van der Waals surface area contributed by atoms with Crippen molar-refractivity contribution in [3.05, 3.63) is 22.4 Å². The summed E-state index contributed by atoms with van der Waals surface area (Å²) in [6.07, 6.45) is 1.11. The van der Waals surface area contributed by atoms with Crippen LogP contribution in [0.25, 0.3) is 0 Å². The molecule has 0 amide bonds. The fraction of sp³-hybridized carbons (Fsp3) is 0.600. The highest BCUT2D eigenvalue weighted by atomic mass is 32.1. The Bertz CT molecular complexity index is 209. The second-order valence-corrected chi connectivity index (χ2v) is 4.43. The van der Waals surface area contributed by atoms with Crippen LogP contribution in [0.5, 0.6) is 0 Å². The van der Waals surface area contributed by atoms with Crippen LogP contribution in [-0.4, -0.2) is 13.1 Å². The summed E-state index contributed by atoms with van der Waals surface area (Å²) < 4.78 is 0. The topological polar surface area (TPSA) is 38.0 Å². The Morgan fingerprint density at radius 2 is 2.46 bits per heavy atom. The highest BCUT2D eigenvalue weighted by Gasteiger charge is 1.99. The van der Waals surface area contributed by atoms with Gasteiger partial charge in [-0.15, -0.1) is 11.3 Å². The van der Waals surface area contributed by atoms with E-state index in [1.165, 1.54) is 4.88 Å². The molecule has 13 heavy (non-hydrogen) atoms. The third kappa shape index (κ3) is 4.41. The van der Waals surface area contributed by atoms with Gasteiger partial charge in [0.2, 0.25) is 0 Å². The van der Waals surface area contributed by atoms with Crippen LogP contribution in [0.15, 0.2) is 17.5 Å². The Kier molecular flexibility index (Phi) is 5.05. The largest absolute Gasteiger partial charge is 0.330 e. The second kappa shape index (κ2) is 6.13. The van der Waals surface area contributed by atoms with Crippen molar-refractivity contribution in [3.63, 3.8) is 0 Å². The van der Waals surface area contributed by atoms with Crippen molar-refractivity contribution < 1.29 is 0 Å². The van der Waals surface area contributed by atoms with Gasteiger partial charge in [0.05, 0.1) is 0 Å². The van der Waals surface area contributed by atoms with E-state index in [0.717, 1.165) is 26.1 Å². The average molecular weight is 198 g/mol. The molecule has 0 saturated carbocycles. The number of hydrogen-bond donors (Lipinski definition) is 2. The molecule has 0 aliphatic rings. The van der Waals surface area contributed by atoms with Crippen LogP contribution in [0.3, 0.4) is 0 Å². The molecule has 1 aromatic rings. The first-order valence-electron chi connectivity index (χ1n) is 4.76. The average Bonchev–Trinajstić information content (AvgIpc) is 2.57. The van der Waals surface area contributed by atoms with E-state index in [0.29, 0.717) is 5.92 Å². The van der Waals surface area contributed by atoms with Crippen LogP contribution in [-0.2, 0) is 6.54 Å². The van der Waals surface area contributed by atoms with Crippen LogP contribution in [0.4, 0.5) is 0 Å². The zero-order valence-electron chi connectivity index (χ0n) is 8.12. The molecule has 1 rings (SSSR count). The quantitative estimate of drug-likeness (QED) is 0.732. The van der Waals surface area contributed by atoms with Crippen molar-refractivity contribution in [2.75, 3.05) is 13.1 Å². The smallest absolute Gasteiger partial charge is 0.0299 e. The molecule has 0 aromatic carbocycles. The van der Waals surface area contributed by atoms with Crippen LogP contribution in [0.2, 0.25) is 0 Å². The van der Waals surface area contributed by atoms with Gasteiger partial charge in [0.25, 0.3) is 0 Å². The second-order valence-electron chi connectivity index (χ2n) is 3.39. The van der Waals surface area contributed by atoms with E-state index >= 15 is 0 Å². The third-order valence-electron chi connectivity index (χ3n) is 2.03. The van der Waals surface area contributed by atoms with Gasteiger partial charge in [-0.3, -0.25) is 0 Å². The summed E-state index contributed by atoms with van der Waals surface area (Å²) in [5, 5.41) is 5.54. The van der Waals surface area contributed by atoms with Crippen molar-refractivity contribution >= 4 is 11.3 Å². The van der Waals surface area contributed by atoms with Crippen molar-refractivity contribution in [2.24, 2.45) is 11.7 Å². The maximum absolute atomic E-state index is 5.47. The molecule has 1 unspecified atom stereocenters. The van der Waals surface area contributed by atoms with Gasteiger partial charge in [0.1, 0.15) is 0 Å². The summed E-state index contributed by atoms with van der Waals surface area (Å²) in [6, 6.07) is 4.25. The summed E-state index contributed by atoms with van der Waals surface area (Å²) >= 11 is 1.80. The Balaban J connectivity index is 2.07. The summed E-state index contributed by atoms with van der Waals surface area (Å²) in [6.45, 7) is 5.08. The van der Waals surface area contributed by atoms with E-state index in [1.54, 1.807) is 11.3 Å². The Labute approximate surface area is 84.2 Å². The van der Waals surface area contributed by atoms with E-state index in [2.05, 4.69) is 29.8 Å². The Morgan fingerprint density at radius 1 is 1.62 bits per heavy atom. The first kappa shape index (κ1) is 10.7. The minimum Gasteiger partial charge on any atom is -0.330 e. The SMILES string of the molecule is CC(CCN)CNCc1cccs1. The fourth-order valence-corrected chi connectivity index (χ4v) is 1.92. The van der Waals surface area contributed by atoms with Gasteiger partial charge in [0, 0.05) is 11.4 Å². The van der Waals surface area contributed by atoms with E-state index in [4.69, 9.17) is 5.73 Å². The monoisotopic (exact) mass is 198 g/mol. The molecule has 0 aliphatic carbocycles. The zero-order chi connectivity index (χ0) is 9.52. The minimum absolute atomic E-state index is 0.685. The summed E-state index contributed by atoms with van der Waals surface area (Å²) in [5.74, 6) is 0.685. The molecule has 74 valence electrons. The summed E-state index contributed by atoms with van der Waals surface area (Å²) in [5.41, 5.74) is 5.47. The molecule has 1 atom stereocenters. The molecule has 1 heterocycles. The lowest BCUT2D eigenvalue weighted by molar-refractivity contribution is 0.488. The molecule has 2 nitrogen and oxygen atoms in total. The van der Waals surface area contributed by atoms with Gasteiger partial charge in [-0.1, -0.05) is 13.0 Å². The normalized spacial score (nSPS) is 13.1. The highest BCUT2D eigenvalue weighted by Crippen LogP contribution is 2.07. The third-order valence-corrected chi connectivity index (χ3v) is 2.91. The standard InChI is InChI=1S/C10H18N2S/c1-9(4-5-11)7-12-8-10-3-2-6-13-10/h2-3,6,9,12H,4-5,7-8,11H2,1H3. The lowest BCUT2D eigenvalue weighted by Crippen LogP contribution is -2.22. The first-order chi connectivity index (χ1) is 6.33. The van der Waals surface area contributed by atoms with Crippen LogP contribution < -0.4 is 11.1 Å². The maximum atomic E-state index is 5.47. The van der Waals surface area contributed by atoms with Crippen molar-refractivity contribution in [3.8, 4) is 0 Å². The molecule has 0 aliphatic heterocycles. The van der Waals surface area contributed by atoms with Crippen LogP contribution in [0, 0.1) is 5.92 Å². The molecule has 0 fully saturated rings. The lowest BCUT2D eigenvalue weighted by Gasteiger charge is -2.10. The first-order valence-corrected chi connectivity index (χ1v) is 5.64. The van der Waals surface area contributed by atoms with E-state index in [9.17, 15) is 0 Å². The number of rotatable bonds is 6. The van der Waals surface area contributed by atoms with Gasteiger partial charge in [-0.25, -0.2) is 0 Å². The molecule has 0 bridgehead atoms. The van der Waals surface area contributed by atoms with Crippen molar-refractivity contribution in [1.82, 2.24) is 5.32 Å². The van der Waals surface area contributed by atoms with E-state index in [1.807, 2.05) is 0 Å². The maximum Gasteiger partial charge on any atom is 0.0299 e. The van der Waals surface area contributed by atoms with E-state index < -0.39 is 0 Å². The predicted molar refractivity (Wildman–Crippen MR) is 58.9 cm³/mol. The molecule has 3 heteroatoms. The molecule has 0 spiro atoms. The number of nitrogens with one attached hydrogen (secondary N) is 1. The van der Waals surface area contributed by atoms with Gasteiger partial charge in [0.15, 0.2) is 0 Å². The summed E-state index contributed by atoms with van der Waals surface area (Å²) in [4.78, 5) is 1.40. The number of hydrogen-bond acceptors (Lipinski definition) is 3. The van der Waals surface area contributed by atoms with Gasteiger partial charge >= 0.3 is 0 Å². The summed E-state index contributed by atoms with van der Waals surface area (Å²) in [7, 11) is 0.